The molecular formula is C18H22N6O4S. The number of nitrogens with zero attached hydrogens (tertiary/aromatic N) is 5. The number of hydrogen-bond donors (Lipinski definition) is 1. The maximum absolute atomic E-state index is 12.7. The van der Waals surface area contributed by atoms with Gasteiger partial charge >= 0.3 is 0 Å². The number of amides is 1. The van der Waals surface area contributed by atoms with E-state index in [-0.39, 0.29) is 19.0 Å². The van der Waals surface area contributed by atoms with Gasteiger partial charge in [0.1, 0.15) is 12.3 Å². The smallest absolute Gasteiger partial charge is 0.246 e. The Balaban J connectivity index is 1.69. The standard InChI is InChI=1S/C18H22N6O4S/c1-23(10-15-19-14(22-28-15)8-9-26-2)16(25)11-24-17(20-21-18(24)29)12-4-6-13(27-3)7-5-12/h4-7H,8-11H2,1-3H3,(H,21,29). The van der Waals surface area contributed by atoms with Crippen LogP contribution in [0.25, 0.3) is 11.4 Å². The Bertz CT molecular complexity index is 1010. The minimum atomic E-state index is -0.172. The van der Waals surface area contributed by atoms with E-state index in [1.54, 1.807) is 25.8 Å². The first-order chi connectivity index (χ1) is 14.0. The third-order valence-electron chi connectivity index (χ3n) is 4.24. The van der Waals surface area contributed by atoms with Crippen molar-refractivity contribution in [2.24, 2.45) is 0 Å². The normalized spacial score (nSPS) is 10.9. The molecule has 0 saturated carbocycles. The van der Waals surface area contributed by atoms with Gasteiger partial charge in [0, 0.05) is 26.1 Å². The fourth-order valence-electron chi connectivity index (χ4n) is 2.62. The molecule has 0 aliphatic carbocycles. The molecule has 29 heavy (non-hydrogen) atoms. The van der Waals surface area contributed by atoms with Gasteiger partial charge in [-0.3, -0.25) is 14.5 Å². The Kier molecular flexibility index (Phi) is 6.73. The van der Waals surface area contributed by atoms with Gasteiger partial charge < -0.3 is 18.9 Å². The van der Waals surface area contributed by atoms with Crippen molar-refractivity contribution in [2.75, 3.05) is 27.9 Å². The molecule has 2 heterocycles. The highest BCUT2D eigenvalue weighted by molar-refractivity contribution is 7.71. The summed E-state index contributed by atoms with van der Waals surface area (Å²) in [6.45, 7) is 0.723. The number of methoxy groups -OCH3 is 2. The van der Waals surface area contributed by atoms with Crippen LogP contribution in [0.15, 0.2) is 28.8 Å². The van der Waals surface area contributed by atoms with Gasteiger partial charge in [0.25, 0.3) is 0 Å². The predicted octanol–water partition coefficient (Wildman–Crippen LogP) is 1.85. The maximum atomic E-state index is 12.7. The number of nitrogens with one attached hydrogen (secondary N) is 1. The summed E-state index contributed by atoms with van der Waals surface area (Å²) in [5.41, 5.74) is 0.813. The van der Waals surface area contributed by atoms with E-state index >= 15 is 0 Å². The second-order valence-corrected chi connectivity index (χ2v) is 6.65. The lowest BCUT2D eigenvalue weighted by Crippen LogP contribution is -2.30. The van der Waals surface area contributed by atoms with Crippen molar-refractivity contribution < 1.29 is 18.8 Å². The van der Waals surface area contributed by atoms with E-state index in [9.17, 15) is 4.79 Å². The van der Waals surface area contributed by atoms with Crippen LogP contribution >= 0.6 is 12.2 Å². The molecule has 1 aromatic carbocycles. The topological polar surface area (TPSA) is 111 Å². The van der Waals surface area contributed by atoms with Crippen molar-refractivity contribution in [1.82, 2.24) is 29.8 Å². The first kappa shape index (κ1) is 20.7. The number of aromatic nitrogens is 5. The number of likely N-dealkylation sites (N-methyl/N-ethyl adjacent to an activating group) is 1. The Morgan fingerprint density at radius 3 is 2.76 bits per heavy atom. The second kappa shape index (κ2) is 9.43. The Labute approximate surface area is 172 Å². The predicted molar refractivity (Wildman–Crippen MR) is 106 cm³/mol. The lowest BCUT2D eigenvalue weighted by atomic mass is 10.2. The van der Waals surface area contributed by atoms with Crippen LogP contribution in [-0.4, -0.2) is 63.6 Å². The monoisotopic (exact) mass is 418 g/mol. The van der Waals surface area contributed by atoms with Crippen molar-refractivity contribution in [1.29, 1.82) is 0 Å². The van der Waals surface area contributed by atoms with Crippen molar-refractivity contribution in [2.45, 2.75) is 19.5 Å². The summed E-state index contributed by atoms with van der Waals surface area (Å²) in [4.78, 5) is 18.5. The van der Waals surface area contributed by atoms with Crippen LogP contribution in [0.5, 0.6) is 5.75 Å². The van der Waals surface area contributed by atoms with Gasteiger partial charge in [-0.2, -0.15) is 10.1 Å². The number of aromatic amines is 1. The van der Waals surface area contributed by atoms with E-state index in [2.05, 4.69) is 20.3 Å². The first-order valence-electron chi connectivity index (χ1n) is 8.85. The molecule has 0 atom stereocenters. The average Bonchev–Trinajstić information content (AvgIpc) is 3.33. The van der Waals surface area contributed by atoms with Crippen molar-refractivity contribution >= 4 is 18.1 Å². The number of ether oxygens (including phenoxy) is 2. The SMILES string of the molecule is COCCc1noc(CN(C)C(=O)Cn2c(-c3ccc(OC)cc3)n[nH]c2=S)n1. The van der Waals surface area contributed by atoms with Gasteiger partial charge in [0.05, 0.1) is 20.3 Å². The zero-order valence-electron chi connectivity index (χ0n) is 16.4. The molecule has 0 unspecified atom stereocenters. The number of carbonyl (C=O) groups is 1. The highest BCUT2D eigenvalue weighted by atomic mass is 32.1. The maximum Gasteiger partial charge on any atom is 0.246 e. The van der Waals surface area contributed by atoms with Gasteiger partial charge in [0.2, 0.25) is 11.8 Å². The van der Waals surface area contributed by atoms with E-state index < -0.39 is 0 Å². The van der Waals surface area contributed by atoms with Crippen molar-refractivity contribution in [3.8, 4) is 17.1 Å². The van der Waals surface area contributed by atoms with Crippen molar-refractivity contribution in [3.63, 3.8) is 0 Å². The average molecular weight is 418 g/mol. The van der Waals surface area contributed by atoms with Gasteiger partial charge in [-0.25, -0.2) is 0 Å². The number of benzene rings is 1. The van der Waals surface area contributed by atoms with Crippen LogP contribution in [0, 0.1) is 4.77 Å². The minimum Gasteiger partial charge on any atom is -0.497 e. The molecule has 0 aliphatic rings. The van der Waals surface area contributed by atoms with Gasteiger partial charge in [-0.05, 0) is 36.5 Å². The summed E-state index contributed by atoms with van der Waals surface area (Å²) in [7, 11) is 4.87. The van der Waals surface area contributed by atoms with E-state index in [1.165, 1.54) is 4.90 Å². The van der Waals surface area contributed by atoms with Crippen LogP contribution in [-0.2, 0) is 29.0 Å². The van der Waals surface area contributed by atoms with Gasteiger partial charge in [0.15, 0.2) is 16.4 Å². The zero-order chi connectivity index (χ0) is 20.8. The summed E-state index contributed by atoms with van der Waals surface area (Å²) in [6.07, 6.45) is 0.549. The van der Waals surface area contributed by atoms with Crippen LogP contribution in [0.4, 0.5) is 0 Å². The lowest BCUT2D eigenvalue weighted by Gasteiger charge is -2.16. The van der Waals surface area contributed by atoms with E-state index in [0.29, 0.717) is 35.3 Å². The molecule has 1 amide bonds. The van der Waals surface area contributed by atoms with Crippen LogP contribution < -0.4 is 4.74 Å². The lowest BCUT2D eigenvalue weighted by molar-refractivity contribution is -0.131. The molecule has 0 saturated heterocycles. The molecule has 1 N–H and O–H groups in total. The number of carbonyl (C=O) groups excluding carboxylic acids is 1. The molecule has 0 bridgehead atoms. The van der Waals surface area contributed by atoms with Crippen LogP contribution in [0.3, 0.4) is 0 Å². The molecule has 3 rings (SSSR count). The summed E-state index contributed by atoms with van der Waals surface area (Å²) in [6, 6.07) is 7.35. The zero-order valence-corrected chi connectivity index (χ0v) is 17.2. The van der Waals surface area contributed by atoms with E-state index in [0.717, 1.165) is 11.3 Å². The molecule has 3 aromatic rings. The number of rotatable bonds is 9. The number of H-pyrrole nitrogens is 1. The highest BCUT2D eigenvalue weighted by Crippen LogP contribution is 2.21. The van der Waals surface area contributed by atoms with Gasteiger partial charge in [-0.15, -0.1) is 0 Å². The molecule has 2 aromatic heterocycles. The Morgan fingerprint density at radius 1 is 1.31 bits per heavy atom. The third kappa shape index (κ3) is 5.06. The molecule has 11 heteroatoms. The second-order valence-electron chi connectivity index (χ2n) is 6.26. The fourth-order valence-corrected chi connectivity index (χ4v) is 2.82. The van der Waals surface area contributed by atoms with Crippen LogP contribution in [0.2, 0.25) is 0 Å². The molecule has 0 fully saturated rings. The largest absolute Gasteiger partial charge is 0.497 e. The number of hydrogen-bond acceptors (Lipinski definition) is 8. The third-order valence-corrected chi connectivity index (χ3v) is 4.55. The van der Waals surface area contributed by atoms with Crippen LogP contribution in [0.1, 0.15) is 11.7 Å². The van der Waals surface area contributed by atoms with E-state index in [1.807, 2.05) is 24.3 Å². The van der Waals surface area contributed by atoms with Gasteiger partial charge in [-0.1, -0.05) is 5.16 Å². The first-order valence-corrected chi connectivity index (χ1v) is 9.26. The molecule has 0 radical (unpaired) electrons. The quantitative estimate of drug-likeness (QED) is 0.524. The summed E-state index contributed by atoms with van der Waals surface area (Å²) in [5, 5.41) is 10.9. The fraction of sp³-hybridized carbons (Fsp3) is 0.389. The Hall–Kier alpha value is -3.05. The van der Waals surface area contributed by atoms with E-state index in [4.69, 9.17) is 26.2 Å². The molecule has 0 aliphatic heterocycles. The molecule has 154 valence electrons. The summed E-state index contributed by atoms with van der Waals surface area (Å²) < 4.78 is 17.4. The molecule has 0 spiro atoms. The molecule has 10 nitrogen and oxygen atoms in total. The summed E-state index contributed by atoms with van der Waals surface area (Å²) in [5.74, 6) is 2.03. The van der Waals surface area contributed by atoms with Crippen molar-refractivity contribution in [3.05, 3.63) is 40.8 Å². The minimum absolute atomic E-state index is 0.0257. The highest BCUT2D eigenvalue weighted by Gasteiger charge is 2.18. The summed E-state index contributed by atoms with van der Waals surface area (Å²) >= 11 is 5.30. The Morgan fingerprint density at radius 2 is 2.07 bits per heavy atom. The molecular weight excluding hydrogens is 396 g/mol.